The third kappa shape index (κ3) is 4.73. The molecular formula is C32H36ClN3O4. The number of carbonyl (C=O) groups is 3. The van der Waals surface area contributed by atoms with Gasteiger partial charge in [-0.15, -0.1) is 0 Å². The van der Waals surface area contributed by atoms with Crippen molar-refractivity contribution in [3.05, 3.63) is 76.8 Å². The number of hydrogen-bond donors (Lipinski definition) is 2. The number of carbonyl (C=O) groups excluding carboxylic acids is 3. The number of anilines is 1. The lowest BCUT2D eigenvalue weighted by Crippen LogP contribution is -2.56. The summed E-state index contributed by atoms with van der Waals surface area (Å²) in [7, 11) is 0. The van der Waals surface area contributed by atoms with Gasteiger partial charge >= 0.3 is 0 Å². The first-order valence-corrected chi connectivity index (χ1v) is 14.8. The highest BCUT2D eigenvalue weighted by atomic mass is 35.5. The molecule has 8 heteroatoms. The van der Waals surface area contributed by atoms with Crippen molar-refractivity contribution in [2.45, 2.75) is 82.2 Å². The summed E-state index contributed by atoms with van der Waals surface area (Å²) < 4.78 is 6.47. The van der Waals surface area contributed by atoms with Gasteiger partial charge in [0.1, 0.15) is 11.6 Å². The predicted molar refractivity (Wildman–Crippen MR) is 154 cm³/mol. The number of hydrogen-bond acceptors (Lipinski definition) is 4. The second-order valence-electron chi connectivity index (χ2n) is 11.9. The zero-order valence-electron chi connectivity index (χ0n) is 22.9. The number of halogens is 1. The van der Waals surface area contributed by atoms with Crippen molar-refractivity contribution in [3.8, 4) is 0 Å². The molecule has 3 fully saturated rings. The minimum atomic E-state index is -1.18. The highest BCUT2D eigenvalue weighted by molar-refractivity contribution is 6.30. The molecule has 3 heterocycles. The number of nitrogens with one attached hydrogen (secondary N) is 2. The van der Waals surface area contributed by atoms with E-state index in [-0.39, 0.29) is 30.3 Å². The molecule has 2 saturated heterocycles. The van der Waals surface area contributed by atoms with Gasteiger partial charge in [-0.2, -0.15) is 0 Å². The summed E-state index contributed by atoms with van der Waals surface area (Å²) in [6.45, 7) is 4.46. The summed E-state index contributed by atoms with van der Waals surface area (Å²) >= 11 is 6.10. The quantitative estimate of drug-likeness (QED) is 0.455. The predicted octanol–water partition coefficient (Wildman–Crippen LogP) is 5.20. The minimum Gasteiger partial charge on any atom is -0.359 e. The summed E-state index contributed by atoms with van der Waals surface area (Å²) in [5, 5.41) is 6.83. The maximum atomic E-state index is 14.2. The third-order valence-electron chi connectivity index (χ3n) is 8.99. The Kier molecular flexibility index (Phi) is 7.21. The second-order valence-corrected chi connectivity index (χ2v) is 12.3. The Morgan fingerprint density at radius 2 is 1.73 bits per heavy atom. The smallest absolute Gasteiger partial charge is 0.246 e. The van der Waals surface area contributed by atoms with E-state index in [0.29, 0.717) is 16.6 Å². The van der Waals surface area contributed by atoms with Crippen molar-refractivity contribution in [1.82, 2.24) is 10.2 Å². The van der Waals surface area contributed by atoms with Gasteiger partial charge in [-0.25, -0.2) is 0 Å². The second kappa shape index (κ2) is 10.7. The van der Waals surface area contributed by atoms with Crippen LogP contribution in [-0.2, 0) is 25.7 Å². The molecule has 5 atom stereocenters. The molecule has 6 rings (SSSR count). The molecule has 4 aliphatic rings. The molecule has 2 bridgehead atoms. The van der Waals surface area contributed by atoms with Crippen molar-refractivity contribution in [1.29, 1.82) is 0 Å². The van der Waals surface area contributed by atoms with Gasteiger partial charge in [0.25, 0.3) is 0 Å². The Balaban J connectivity index is 1.30. The van der Waals surface area contributed by atoms with Crippen LogP contribution in [0.15, 0.2) is 60.7 Å². The zero-order chi connectivity index (χ0) is 28.0. The summed E-state index contributed by atoms with van der Waals surface area (Å²) in [5.41, 5.74) is 1.52. The molecule has 3 amide bonds. The Morgan fingerprint density at radius 1 is 1.02 bits per heavy atom. The van der Waals surface area contributed by atoms with Gasteiger partial charge in [-0.3, -0.25) is 14.4 Å². The molecular weight excluding hydrogens is 526 g/mol. The molecule has 1 aliphatic carbocycles. The largest absolute Gasteiger partial charge is 0.359 e. The van der Waals surface area contributed by atoms with Gasteiger partial charge in [0, 0.05) is 23.3 Å². The van der Waals surface area contributed by atoms with Crippen LogP contribution in [0.3, 0.4) is 0 Å². The average molecular weight is 562 g/mol. The van der Waals surface area contributed by atoms with E-state index in [0.717, 1.165) is 31.2 Å². The van der Waals surface area contributed by atoms with Gasteiger partial charge in [0.05, 0.1) is 17.9 Å². The Labute approximate surface area is 240 Å². The molecule has 0 aromatic heterocycles. The number of fused-ring (bicyclic) bond motifs is 1. The van der Waals surface area contributed by atoms with E-state index in [1.165, 1.54) is 12.0 Å². The number of amides is 3. The molecule has 2 aromatic carbocycles. The van der Waals surface area contributed by atoms with Crippen LogP contribution in [0.25, 0.3) is 0 Å². The van der Waals surface area contributed by atoms with E-state index in [9.17, 15) is 14.4 Å². The Morgan fingerprint density at radius 3 is 2.40 bits per heavy atom. The summed E-state index contributed by atoms with van der Waals surface area (Å²) in [6, 6.07) is 14.2. The third-order valence-corrected chi connectivity index (χ3v) is 9.24. The molecule has 1 saturated carbocycles. The van der Waals surface area contributed by atoms with Crippen molar-refractivity contribution in [3.63, 3.8) is 0 Å². The van der Waals surface area contributed by atoms with Crippen LogP contribution in [0.4, 0.5) is 5.69 Å². The van der Waals surface area contributed by atoms with Gasteiger partial charge in [-0.1, -0.05) is 81.1 Å². The first kappa shape index (κ1) is 27.0. The van der Waals surface area contributed by atoms with Crippen LogP contribution in [0.5, 0.6) is 0 Å². The van der Waals surface area contributed by atoms with Crippen LogP contribution < -0.4 is 10.6 Å². The average Bonchev–Trinajstić information content (AvgIpc) is 3.58. The normalized spacial score (nSPS) is 29.2. The first-order valence-electron chi connectivity index (χ1n) is 14.4. The Hall–Kier alpha value is -3.16. The number of ether oxygens (including phenoxy) is 1. The maximum absolute atomic E-state index is 14.2. The van der Waals surface area contributed by atoms with Crippen LogP contribution in [0, 0.1) is 11.8 Å². The van der Waals surface area contributed by atoms with E-state index >= 15 is 0 Å². The van der Waals surface area contributed by atoms with Crippen molar-refractivity contribution in [2.75, 3.05) is 5.32 Å². The summed E-state index contributed by atoms with van der Waals surface area (Å²) in [6.07, 6.45) is 8.34. The number of likely N-dealkylation sites (tertiary alicyclic amines) is 1. The van der Waals surface area contributed by atoms with Gasteiger partial charge in [0.2, 0.25) is 17.7 Å². The van der Waals surface area contributed by atoms with Crippen LogP contribution in [-0.4, -0.2) is 46.4 Å². The molecule has 7 nitrogen and oxygen atoms in total. The minimum absolute atomic E-state index is 0.0830. The van der Waals surface area contributed by atoms with E-state index in [2.05, 4.69) is 24.5 Å². The van der Waals surface area contributed by atoms with Gasteiger partial charge < -0.3 is 20.3 Å². The van der Waals surface area contributed by atoms with Crippen molar-refractivity contribution < 1.29 is 19.1 Å². The molecule has 0 radical (unpaired) electrons. The topological polar surface area (TPSA) is 87.7 Å². The Bertz CT molecular complexity index is 1320. The van der Waals surface area contributed by atoms with Crippen molar-refractivity contribution >= 4 is 35.0 Å². The molecule has 1 spiro atoms. The lowest BCUT2D eigenvalue weighted by atomic mass is 9.74. The highest BCUT2D eigenvalue weighted by Crippen LogP contribution is 2.55. The van der Waals surface area contributed by atoms with Crippen LogP contribution >= 0.6 is 11.6 Å². The SMILES string of the molecule is CC(C)c1ccc(NC(=O)[C@H]2[C@H]3C=C[C@@]4(O3)[C@H]2C(=O)N(Cc2ccc(Cl)cc2)[C@@H]4C(=O)NC2CCCCC2)cc1. The maximum Gasteiger partial charge on any atom is 0.246 e. The van der Waals surface area contributed by atoms with E-state index in [1.807, 2.05) is 48.6 Å². The molecule has 2 aromatic rings. The van der Waals surface area contributed by atoms with Crippen molar-refractivity contribution in [2.24, 2.45) is 11.8 Å². The lowest BCUT2D eigenvalue weighted by molar-refractivity contribution is -0.142. The molecule has 210 valence electrons. The standard InChI is InChI=1S/C32H36ClN3O4/c1-19(2)21-10-14-24(15-11-21)34-29(37)26-25-16-17-32(40-25)27(26)31(39)36(18-20-8-12-22(33)13-9-20)28(32)30(38)35-23-6-4-3-5-7-23/h8-17,19,23,25-28H,3-7,18H2,1-2H3,(H,34,37)(H,35,38)/t25-,26+,27-,28-,32-/m1/s1. The van der Waals surface area contributed by atoms with E-state index in [4.69, 9.17) is 16.3 Å². The molecule has 40 heavy (non-hydrogen) atoms. The molecule has 0 unspecified atom stereocenters. The van der Waals surface area contributed by atoms with Gasteiger partial charge in [0.15, 0.2) is 0 Å². The monoisotopic (exact) mass is 561 g/mol. The first-order chi connectivity index (χ1) is 19.3. The lowest BCUT2D eigenvalue weighted by Gasteiger charge is -2.34. The number of benzene rings is 2. The van der Waals surface area contributed by atoms with E-state index < -0.39 is 29.6 Å². The zero-order valence-corrected chi connectivity index (χ0v) is 23.7. The summed E-state index contributed by atoms with van der Waals surface area (Å²) in [4.78, 5) is 43.4. The highest BCUT2D eigenvalue weighted by Gasteiger charge is 2.72. The molecule has 3 aliphatic heterocycles. The molecule has 2 N–H and O–H groups in total. The number of nitrogens with zero attached hydrogens (tertiary/aromatic N) is 1. The fourth-order valence-electron chi connectivity index (χ4n) is 6.93. The number of rotatable bonds is 7. The summed E-state index contributed by atoms with van der Waals surface area (Å²) in [5.74, 6) is -1.86. The fourth-order valence-corrected chi connectivity index (χ4v) is 7.05. The van der Waals surface area contributed by atoms with Gasteiger partial charge in [-0.05, 0) is 54.2 Å². The van der Waals surface area contributed by atoms with Crippen LogP contribution in [0.2, 0.25) is 5.02 Å². The fraction of sp³-hybridized carbons (Fsp3) is 0.469. The van der Waals surface area contributed by atoms with E-state index in [1.54, 1.807) is 17.0 Å². The van der Waals surface area contributed by atoms with Crippen LogP contribution in [0.1, 0.15) is 63.0 Å².